The van der Waals surface area contributed by atoms with Crippen LogP contribution in [-0.2, 0) is 10.0 Å². The van der Waals surface area contributed by atoms with Gasteiger partial charge in [-0.2, -0.15) is 4.31 Å². The molecule has 1 saturated heterocycles. The Kier molecular flexibility index (Phi) is 6.96. The monoisotopic (exact) mass is 416 g/mol. The molecule has 0 amide bonds. The van der Waals surface area contributed by atoms with Crippen LogP contribution in [-0.4, -0.2) is 31.9 Å². The van der Waals surface area contributed by atoms with Gasteiger partial charge in [0.1, 0.15) is 4.90 Å². The van der Waals surface area contributed by atoms with Crippen molar-refractivity contribution < 1.29 is 8.42 Å². The van der Waals surface area contributed by atoms with Crippen molar-refractivity contribution in [2.45, 2.75) is 30.7 Å². The highest BCUT2D eigenvalue weighted by Crippen LogP contribution is 2.30. The summed E-state index contributed by atoms with van der Waals surface area (Å²) in [5.41, 5.74) is 5.88. The largest absolute Gasteiger partial charge is 0.328 e. The number of hydrogen-bond donors (Lipinski definition) is 1. The smallest absolute Gasteiger partial charge is 0.244 e. The third kappa shape index (κ3) is 4.33. The van der Waals surface area contributed by atoms with Gasteiger partial charge in [0.25, 0.3) is 0 Å². The summed E-state index contributed by atoms with van der Waals surface area (Å²) in [4.78, 5) is 0.168. The van der Waals surface area contributed by atoms with Gasteiger partial charge in [-0.05, 0) is 43.9 Å². The van der Waals surface area contributed by atoms with Gasteiger partial charge in [-0.3, -0.25) is 0 Å². The van der Waals surface area contributed by atoms with Crippen LogP contribution < -0.4 is 5.73 Å². The molecule has 0 bridgehead atoms. The predicted octanol–water partition coefficient (Wildman–Crippen LogP) is 3.27. The molecule has 2 N–H and O–H groups in total. The van der Waals surface area contributed by atoms with Crippen molar-refractivity contribution in [2.75, 3.05) is 13.1 Å². The van der Waals surface area contributed by atoms with Crippen molar-refractivity contribution >= 4 is 50.0 Å². The lowest BCUT2D eigenvalue weighted by Gasteiger charge is -2.33. The Bertz CT molecular complexity index is 588. The van der Waals surface area contributed by atoms with Crippen LogP contribution in [0.5, 0.6) is 0 Å². The van der Waals surface area contributed by atoms with E-state index in [2.05, 4.69) is 15.9 Å². The van der Waals surface area contributed by atoms with E-state index < -0.39 is 10.0 Å². The van der Waals surface area contributed by atoms with E-state index in [1.807, 2.05) is 6.92 Å². The van der Waals surface area contributed by atoms with Crippen LogP contribution in [0.25, 0.3) is 0 Å². The van der Waals surface area contributed by atoms with Crippen LogP contribution in [0.1, 0.15) is 19.8 Å². The SMILES string of the molecule is CC(N)C1CCN(S(=O)(=O)c2ccc(Br)cc2Cl)CC1.Cl. The molecule has 1 fully saturated rings. The fourth-order valence-corrected chi connectivity index (χ4v) is 4.95. The Morgan fingerprint density at radius 2 is 1.95 bits per heavy atom. The fourth-order valence-electron chi connectivity index (χ4n) is 2.47. The minimum atomic E-state index is -3.52. The minimum absolute atomic E-state index is 0. The summed E-state index contributed by atoms with van der Waals surface area (Å²) in [6.07, 6.45) is 1.59. The number of benzene rings is 1. The van der Waals surface area contributed by atoms with E-state index in [-0.39, 0.29) is 28.4 Å². The third-order valence-electron chi connectivity index (χ3n) is 3.75. The molecule has 1 aromatic rings. The third-order valence-corrected chi connectivity index (χ3v) is 6.63. The molecule has 0 aliphatic carbocycles. The summed E-state index contributed by atoms with van der Waals surface area (Å²) in [6, 6.07) is 4.94. The number of hydrogen-bond acceptors (Lipinski definition) is 3. The molecule has 4 nitrogen and oxygen atoms in total. The normalized spacial score (nSPS) is 19.0. The lowest BCUT2D eigenvalue weighted by Crippen LogP contribution is -2.42. The van der Waals surface area contributed by atoms with Gasteiger partial charge in [-0.1, -0.05) is 27.5 Å². The summed E-state index contributed by atoms with van der Waals surface area (Å²) >= 11 is 9.33. The first-order valence-corrected chi connectivity index (χ1v) is 9.14. The van der Waals surface area contributed by atoms with Crippen molar-refractivity contribution in [3.8, 4) is 0 Å². The number of nitrogens with two attached hydrogens (primary N) is 1. The molecule has 1 aromatic carbocycles. The quantitative estimate of drug-likeness (QED) is 0.820. The van der Waals surface area contributed by atoms with E-state index in [0.29, 0.717) is 19.0 Å². The van der Waals surface area contributed by atoms with E-state index in [1.165, 1.54) is 4.31 Å². The van der Waals surface area contributed by atoms with Crippen LogP contribution in [0.2, 0.25) is 5.02 Å². The van der Waals surface area contributed by atoms with Gasteiger partial charge >= 0.3 is 0 Å². The second-order valence-electron chi connectivity index (χ2n) is 5.18. The van der Waals surface area contributed by atoms with Crippen LogP contribution in [0, 0.1) is 5.92 Å². The number of sulfonamides is 1. The molecule has 0 spiro atoms. The molecule has 1 unspecified atom stereocenters. The summed E-state index contributed by atoms with van der Waals surface area (Å²) < 4.78 is 27.4. The minimum Gasteiger partial charge on any atom is -0.328 e. The first-order valence-electron chi connectivity index (χ1n) is 6.53. The highest BCUT2D eigenvalue weighted by molar-refractivity contribution is 9.10. The number of nitrogens with zero attached hydrogens (tertiary/aromatic N) is 1. The Balaban J connectivity index is 0.00000220. The molecule has 0 aromatic heterocycles. The van der Waals surface area contributed by atoms with Crippen molar-refractivity contribution in [1.29, 1.82) is 0 Å². The zero-order valence-corrected chi connectivity index (χ0v) is 15.6. The maximum Gasteiger partial charge on any atom is 0.244 e. The molecule has 1 atom stereocenters. The highest BCUT2D eigenvalue weighted by Gasteiger charge is 2.31. The zero-order chi connectivity index (χ0) is 14.9. The topological polar surface area (TPSA) is 63.4 Å². The highest BCUT2D eigenvalue weighted by atomic mass is 79.9. The van der Waals surface area contributed by atoms with Gasteiger partial charge in [0.15, 0.2) is 0 Å². The second-order valence-corrected chi connectivity index (χ2v) is 8.40. The van der Waals surface area contributed by atoms with E-state index in [4.69, 9.17) is 17.3 Å². The maximum absolute atomic E-state index is 12.6. The first kappa shape index (κ1) is 19.2. The molecular formula is C13H19BrCl2N2O2S. The van der Waals surface area contributed by atoms with E-state index in [0.717, 1.165) is 17.3 Å². The molecule has 1 aliphatic rings. The molecule has 21 heavy (non-hydrogen) atoms. The van der Waals surface area contributed by atoms with Gasteiger partial charge in [0, 0.05) is 23.6 Å². The molecule has 120 valence electrons. The van der Waals surface area contributed by atoms with E-state index >= 15 is 0 Å². The van der Waals surface area contributed by atoms with Crippen molar-refractivity contribution in [1.82, 2.24) is 4.31 Å². The standard InChI is InChI=1S/C13H18BrClN2O2S.ClH/c1-9(16)10-4-6-17(7-5-10)20(18,19)13-3-2-11(14)8-12(13)15;/h2-3,8-10H,4-7,16H2,1H3;1H. The number of rotatable bonds is 3. The average molecular weight is 418 g/mol. The molecule has 8 heteroatoms. The van der Waals surface area contributed by atoms with Crippen LogP contribution in [0.15, 0.2) is 27.6 Å². The summed E-state index contributed by atoms with van der Waals surface area (Å²) in [5, 5.41) is 0.244. The van der Waals surface area contributed by atoms with Crippen molar-refractivity contribution in [2.24, 2.45) is 11.7 Å². The van der Waals surface area contributed by atoms with E-state index in [9.17, 15) is 8.42 Å². The average Bonchev–Trinajstić information content (AvgIpc) is 2.38. The Morgan fingerprint density at radius 1 is 1.38 bits per heavy atom. The Labute approximate surface area is 145 Å². The lowest BCUT2D eigenvalue weighted by molar-refractivity contribution is 0.250. The number of piperidine rings is 1. The zero-order valence-electron chi connectivity index (χ0n) is 11.6. The molecule has 1 heterocycles. The van der Waals surface area contributed by atoms with Crippen LogP contribution >= 0.6 is 39.9 Å². The maximum atomic E-state index is 12.6. The summed E-state index contributed by atoms with van der Waals surface area (Å²) in [7, 11) is -3.52. The van der Waals surface area contributed by atoms with Crippen molar-refractivity contribution in [3.63, 3.8) is 0 Å². The van der Waals surface area contributed by atoms with Crippen molar-refractivity contribution in [3.05, 3.63) is 27.7 Å². The summed E-state index contributed by atoms with van der Waals surface area (Å²) in [5.74, 6) is 0.391. The summed E-state index contributed by atoms with van der Waals surface area (Å²) in [6.45, 7) is 2.97. The Morgan fingerprint density at radius 3 is 2.43 bits per heavy atom. The van der Waals surface area contributed by atoms with Gasteiger partial charge in [-0.15, -0.1) is 12.4 Å². The molecular weight excluding hydrogens is 399 g/mol. The first-order chi connectivity index (χ1) is 9.32. The molecule has 2 rings (SSSR count). The number of halogens is 3. The fraction of sp³-hybridized carbons (Fsp3) is 0.538. The second kappa shape index (κ2) is 7.62. The lowest BCUT2D eigenvalue weighted by atomic mass is 9.92. The Hall–Kier alpha value is 0.150. The predicted molar refractivity (Wildman–Crippen MR) is 91.5 cm³/mol. The van der Waals surface area contributed by atoms with E-state index in [1.54, 1.807) is 18.2 Å². The van der Waals surface area contributed by atoms with Gasteiger partial charge in [0.05, 0.1) is 5.02 Å². The van der Waals surface area contributed by atoms with Gasteiger partial charge < -0.3 is 5.73 Å². The molecule has 1 aliphatic heterocycles. The van der Waals surface area contributed by atoms with Gasteiger partial charge in [0.2, 0.25) is 10.0 Å². The van der Waals surface area contributed by atoms with Gasteiger partial charge in [-0.25, -0.2) is 8.42 Å². The van der Waals surface area contributed by atoms with Crippen LogP contribution in [0.4, 0.5) is 0 Å². The molecule has 0 radical (unpaired) electrons. The molecule has 0 saturated carbocycles. The van der Waals surface area contributed by atoms with Crippen LogP contribution in [0.3, 0.4) is 0 Å².